The highest BCUT2D eigenvalue weighted by atomic mass is 35.5. The van der Waals surface area contributed by atoms with Gasteiger partial charge in [0.1, 0.15) is 9.75 Å². The zero-order valence-corrected chi connectivity index (χ0v) is 17.9. The van der Waals surface area contributed by atoms with Crippen molar-refractivity contribution in [2.24, 2.45) is 23.7 Å². The maximum absolute atomic E-state index is 6.81. The highest BCUT2D eigenvalue weighted by Gasteiger charge is 2.90. The van der Waals surface area contributed by atoms with Crippen molar-refractivity contribution in [3.63, 3.8) is 0 Å². The van der Waals surface area contributed by atoms with E-state index in [4.69, 9.17) is 116 Å². The zero-order valence-electron chi connectivity index (χ0n) is 10.3. The van der Waals surface area contributed by atoms with Crippen molar-refractivity contribution in [3.05, 3.63) is 10.1 Å². The number of halogens is 10. The normalized spacial score (nSPS) is 55.9. The van der Waals surface area contributed by atoms with E-state index in [0.717, 1.165) is 0 Å². The van der Waals surface area contributed by atoms with Crippen LogP contribution in [0.25, 0.3) is 0 Å². The Kier molecular flexibility index (Phi) is 3.72. The molecule has 0 heterocycles. The number of hydrogen-bond donors (Lipinski definition) is 0. The van der Waals surface area contributed by atoms with Crippen LogP contribution in [-0.4, -0.2) is 22.7 Å². The van der Waals surface area contributed by atoms with E-state index >= 15 is 0 Å². The van der Waals surface area contributed by atoms with E-state index < -0.39 is 22.7 Å². The second kappa shape index (κ2) is 4.54. The van der Waals surface area contributed by atoms with Crippen LogP contribution < -0.4 is 0 Å². The molecule has 6 unspecified atom stereocenters. The topological polar surface area (TPSA) is 0 Å². The smallest absolute Gasteiger partial charge is 0.109 e. The Labute approximate surface area is 177 Å². The van der Waals surface area contributed by atoms with Gasteiger partial charge in [0.25, 0.3) is 0 Å². The van der Waals surface area contributed by atoms with Crippen molar-refractivity contribution >= 4 is 116 Å². The molecule has 0 aromatic carbocycles. The van der Waals surface area contributed by atoms with Crippen LogP contribution in [0.4, 0.5) is 0 Å². The molecule has 0 aromatic heterocycles. The summed E-state index contributed by atoms with van der Waals surface area (Å²) in [6, 6.07) is 0. The van der Waals surface area contributed by atoms with Crippen molar-refractivity contribution in [1.29, 1.82) is 0 Å². The van der Waals surface area contributed by atoms with Crippen molar-refractivity contribution in [2.45, 2.75) is 29.2 Å². The van der Waals surface area contributed by atoms with Gasteiger partial charge in [0.15, 0.2) is 13.0 Å². The molecule has 0 saturated heterocycles. The van der Waals surface area contributed by atoms with E-state index in [0.29, 0.717) is 6.42 Å². The molecule has 0 spiro atoms. The second-order valence-electron chi connectivity index (χ2n) is 6.37. The molecule has 4 rings (SSSR count). The standard InChI is InChI=1S/C12H6Cl10/c13-6-7(14)9(16)5-3-1-2(10(17,18)11(3,19)20)4(5)8(6,15)12(9,21)22/h2-5H,1H2. The van der Waals surface area contributed by atoms with E-state index in [9.17, 15) is 0 Å². The van der Waals surface area contributed by atoms with Crippen molar-refractivity contribution < 1.29 is 0 Å². The van der Waals surface area contributed by atoms with Gasteiger partial charge in [-0.15, -0.1) is 23.2 Å². The van der Waals surface area contributed by atoms with Crippen LogP contribution in [0.5, 0.6) is 0 Å². The average Bonchev–Trinajstić information content (AvgIpc) is 2.96. The lowest BCUT2D eigenvalue weighted by molar-refractivity contribution is 0.199. The maximum Gasteiger partial charge on any atom is 0.166 e. The SMILES string of the molecule is ClC1=C(Cl)C2(Cl)C3C4CC(C3C1(Cl)C2(Cl)Cl)C(Cl)(Cl)C4(Cl)Cl. The fourth-order valence-electron chi connectivity index (χ4n) is 4.93. The predicted octanol–water partition coefficient (Wildman–Crippen LogP) is 7.06. The molecule has 6 atom stereocenters. The minimum Gasteiger partial charge on any atom is -0.109 e. The fraction of sp³-hybridized carbons (Fsp3) is 0.833. The summed E-state index contributed by atoms with van der Waals surface area (Å²) in [4.78, 5) is -2.75. The minimum atomic E-state index is -1.62. The summed E-state index contributed by atoms with van der Waals surface area (Å²) in [7, 11) is 0. The molecule has 0 aliphatic heterocycles. The van der Waals surface area contributed by atoms with Gasteiger partial charge in [-0.05, 0) is 18.3 Å². The van der Waals surface area contributed by atoms with Crippen LogP contribution in [0.1, 0.15) is 6.42 Å². The van der Waals surface area contributed by atoms with Crippen LogP contribution in [0, 0.1) is 23.7 Å². The summed E-state index contributed by atoms with van der Waals surface area (Å²) in [6.07, 6.45) is 0.552. The summed E-state index contributed by atoms with van der Waals surface area (Å²) >= 11 is 65.3. The van der Waals surface area contributed by atoms with Gasteiger partial charge in [-0.3, -0.25) is 0 Å². The van der Waals surface area contributed by atoms with Gasteiger partial charge in [-0.25, -0.2) is 0 Å². The number of fused-ring (bicyclic) bond motifs is 9. The molecule has 0 aromatic rings. The van der Waals surface area contributed by atoms with Crippen LogP contribution in [0.2, 0.25) is 0 Å². The van der Waals surface area contributed by atoms with Crippen LogP contribution >= 0.6 is 116 Å². The van der Waals surface area contributed by atoms with Gasteiger partial charge < -0.3 is 0 Å². The number of rotatable bonds is 0. The molecule has 4 bridgehead atoms. The molecule has 3 fully saturated rings. The molecular formula is C12H6Cl10. The van der Waals surface area contributed by atoms with E-state index in [1.807, 2.05) is 0 Å². The summed E-state index contributed by atoms with van der Waals surface area (Å²) < 4.78 is -4.44. The Morgan fingerprint density at radius 2 is 0.955 bits per heavy atom. The maximum atomic E-state index is 6.81. The monoisotopic (exact) mass is 500 g/mol. The molecule has 4 aliphatic rings. The van der Waals surface area contributed by atoms with Gasteiger partial charge in [0, 0.05) is 11.8 Å². The third-order valence-electron chi connectivity index (χ3n) is 5.80. The largest absolute Gasteiger partial charge is 0.166 e. The second-order valence-corrected chi connectivity index (χ2v) is 12.4. The molecule has 22 heavy (non-hydrogen) atoms. The van der Waals surface area contributed by atoms with E-state index in [2.05, 4.69) is 0 Å². The molecule has 3 saturated carbocycles. The van der Waals surface area contributed by atoms with E-state index in [1.54, 1.807) is 0 Å². The van der Waals surface area contributed by atoms with Gasteiger partial charge in [-0.1, -0.05) is 92.8 Å². The first-order valence-electron chi connectivity index (χ1n) is 6.36. The van der Waals surface area contributed by atoms with Crippen molar-refractivity contribution in [1.82, 2.24) is 0 Å². The molecule has 4 aliphatic carbocycles. The third kappa shape index (κ3) is 1.45. The number of hydrogen-bond acceptors (Lipinski definition) is 0. The number of allylic oxidation sites excluding steroid dienone is 2. The fourth-order valence-corrected chi connectivity index (χ4v) is 9.51. The van der Waals surface area contributed by atoms with E-state index in [-0.39, 0.29) is 33.7 Å². The summed E-state index contributed by atoms with van der Waals surface area (Å²) in [5.41, 5.74) is 0. The Morgan fingerprint density at radius 1 is 0.636 bits per heavy atom. The molecule has 0 N–H and O–H groups in total. The first-order chi connectivity index (χ1) is 9.79. The highest BCUT2D eigenvalue weighted by molar-refractivity contribution is 6.67. The molecule has 0 radical (unpaired) electrons. The first kappa shape index (κ1) is 18.0. The lowest BCUT2D eigenvalue weighted by Crippen LogP contribution is -2.55. The Morgan fingerprint density at radius 3 is 1.27 bits per heavy atom. The van der Waals surface area contributed by atoms with Gasteiger partial charge in [-0.2, -0.15) is 0 Å². The van der Waals surface area contributed by atoms with Gasteiger partial charge >= 0.3 is 0 Å². The molecule has 10 heteroatoms. The molecular weight excluding hydrogens is 499 g/mol. The quantitative estimate of drug-likeness (QED) is 0.245. The average molecular weight is 505 g/mol. The highest BCUT2D eigenvalue weighted by Crippen LogP contribution is 2.86. The summed E-state index contributed by atoms with van der Waals surface area (Å²) in [6.45, 7) is 0. The number of alkyl halides is 8. The van der Waals surface area contributed by atoms with Crippen molar-refractivity contribution in [3.8, 4) is 0 Å². The Balaban J connectivity index is 2.00. The summed E-state index contributed by atoms with van der Waals surface area (Å²) in [5.74, 6) is -1.45. The van der Waals surface area contributed by atoms with Crippen LogP contribution in [-0.2, 0) is 0 Å². The molecule has 124 valence electrons. The lowest BCUT2D eigenvalue weighted by Gasteiger charge is -2.48. The van der Waals surface area contributed by atoms with Crippen LogP contribution in [0.15, 0.2) is 10.1 Å². The lowest BCUT2D eigenvalue weighted by atomic mass is 9.72. The summed E-state index contributed by atoms with van der Waals surface area (Å²) in [5, 5.41) is 0.284. The Bertz CT molecular complexity index is 573. The zero-order chi connectivity index (χ0) is 16.7. The minimum absolute atomic E-state index is 0.142. The van der Waals surface area contributed by atoms with E-state index in [1.165, 1.54) is 0 Å². The van der Waals surface area contributed by atoms with Gasteiger partial charge in [0.05, 0.1) is 10.1 Å². The van der Waals surface area contributed by atoms with Crippen LogP contribution in [0.3, 0.4) is 0 Å². The molecule has 0 amide bonds. The van der Waals surface area contributed by atoms with Crippen molar-refractivity contribution in [2.75, 3.05) is 0 Å². The predicted molar refractivity (Wildman–Crippen MR) is 97.8 cm³/mol. The molecule has 0 nitrogen and oxygen atoms in total. The third-order valence-corrected chi connectivity index (χ3v) is 12.8. The van der Waals surface area contributed by atoms with Gasteiger partial charge in [0.2, 0.25) is 0 Å². The first-order valence-corrected chi connectivity index (χ1v) is 10.1. The Hall–Kier alpha value is 2.64.